The van der Waals surface area contributed by atoms with E-state index in [1.54, 1.807) is 37.3 Å². The van der Waals surface area contributed by atoms with Crippen molar-refractivity contribution in [1.82, 2.24) is 10.6 Å². The van der Waals surface area contributed by atoms with E-state index >= 15 is 0 Å². The maximum Gasteiger partial charge on any atom is 0.255 e. The van der Waals surface area contributed by atoms with Gasteiger partial charge in [0.25, 0.3) is 11.8 Å². The zero-order valence-corrected chi connectivity index (χ0v) is 15.8. The maximum absolute atomic E-state index is 12.4. The van der Waals surface area contributed by atoms with E-state index < -0.39 is 6.04 Å². The molecule has 0 radical (unpaired) electrons. The van der Waals surface area contributed by atoms with Crippen LogP contribution in [0.15, 0.2) is 77.6 Å². The molecule has 7 heteroatoms. The lowest BCUT2D eigenvalue weighted by molar-refractivity contribution is -0.122. The molecule has 1 aromatic heterocycles. The van der Waals surface area contributed by atoms with Crippen molar-refractivity contribution in [2.24, 2.45) is 0 Å². The molecule has 7 nitrogen and oxygen atoms in total. The minimum absolute atomic E-state index is 0.231. The fourth-order valence-corrected chi connectivity index (χ4v) is 2.63. The topological polar surface area (TPSA) is 100 Å². The largest absolute Gasteiger partial charge is 0.472 e. The molecule has 0 aliphatic rings. The van der Waals surface area contributed by atoms with Crippen LogP contribution in [0, 0.1) is 0 Å². The van der Waals surface area contributed by atoms with Crippen LogP contribution in [0.5, 0.6) is 0 Å². The van der Waals surface area contributed by atoms with E-state index in [4.69, 9.17) is 4.42 Å². The lowest BCUT2D eigenvalue weighted by atomic mass is 10.1. The first-order valence-corrected chi connectivity index (χ1v) is 9.09. The van der Waals surface area contributed by atoms with Gasteiger partial charge in [-0.25, -0.2) is 0 Å². The predicted octanol–water partition coefficient (Wildman–Crippen LogP) is 2.97. The third kappa shape index (κ3) is 5.55. The second-order valence-corrected chi connectivity index (χ2v) is 6.45. The summed E-state index contributed by atoms with van der Waals surface area (Å²) in [6.07, 6.45) is 2.70. The van der Waals surface area contributed by atoms with Crippen molar-refractivity contribution in [3.63, 3.8) is 0 Å². The van der Waals surface area contributed by atoms with E-state index in [0.29, 0.717) is 16.8 Å². The minimum atomic E-state index is -0.720. The highest BCUT2D eigenvalue weighted by Crippen LogP contribution is 2.10. The molecular weight excluding hydrogens is 370 g/mol. The van der Waals surface area contributed by atoms with Crippen molar-refractivity contribution in [3.8, 4) is 0 Å². The van der Waals surface area contributed by atoms with Crippen molar-refractivity contribution in [2.45, 2.75) is 19.5 Å². The Labute approximate surface area is 168 Å². The van der Waals surface area contributed by atoms with Crippen molar-refractivity contribution in [3.05, 3.63) is 89.9 Å². The number of rotatable bonds is 7. The van der Waals surface area contributed by atoms with Crippen LogP contribution >= 0.6 is 0 Å². The van der Waals surface area contributed by atoms with Crippen molar-refractivity contribution >= 4 is 23.4 Å². The van der Waals surface area contributed by atoms with Gasteiger partial charge < -0.3 is 20.4 Å². The number of anilines is 1. The average molecular weight is 391 g/mol. The number of furan rings is 1. The molecule has 0 unspecified atom stereocenters. The lowest BCUT2D eigenvalue weighted by Crippen LogP contribution is -2.44. The number of benzene rings is 2. The number of amides is 3. The van der Waals surface area contributed by atoms with Gasteiger partial charge in [-0.2, -0.15) is 0 Å². The molecule has 2 aromatic carbocycles. The minimum Gasteiger partial charge on any atom is -0.472 e. The van der Waals surface area contributed by atoms with Crippen LogP contribution in [0.3, 0.4) is 0 Å². The Bertz CT molecular complexity index is 984. The summed E-state index contributed by atoms with van der Waals surface area (Å²) in [4.78, 5) is 36.6. The quantitative estimate of drug-likeness (QED) is 0.576. The number of carbonyl (C=O) groups is 3. The van der Waals surface area contributed by atoms with E-state index in [0.717, 1.165) is 5.56 Å². The summed E-state index contributed by atoms with van der Waals surface area (Å²) in [6, 6.07) is 17.0. The van der Waals surface area contributed by atoms with Crippen molar-refractivity contribution < 1.29 is 18.8 Å². The molecule has 0 fully saturated rings. The molecule has 0 aliphatic heterocycles. The molecule has 0 bridgehead atoms. The van der Waals surface area contributed by atoms with Gasteiger partial charge in [0, 0.05) is 17.8 Å². The van der Waals surface area contributed by atoms with Gasteiger partial charge in [-0.1, -0.05) is 30.3 Å². The van der Waals surface area contributed by atoms with Crippen LogP contribution in [-0.2, 0) is 11.3 Å². The van der Waals surface area contributed by atoms with Gasteiger partial charge in [-0.05, 0) is 42.8 Å². The molecule has 148 valence electrons. The van der Waals surface area contributed by atoms with Gasteiger partial charge in [-0.3, -0.25) is 14.4 Å². The van der Waals surface area contributed by atoms with Crippen LogP contribution in [0.1, 0.15) is 33.2 Å². The standard InChI is InChI=1S/C22H21N3O4/c1-15(24-22(28)18-10-11-29-14-18)20(26)23-13-16-6-5-7-17(12-16)21(27)25-19-8-3-2-4-9-19/h2-12,14-15H,13H2,1H3,(H,23,26)(H,24,28)(H,25,27)/t15-/m1/s1. The Kier molecular flexibility index (Phi) is 6.42. The number of carbonyl (C=O) groups excluding carboxylic acids is 3. The van der Waals surface area contributed by atoms with Crippen LogP contribution in [0.25, 0.3) is 0 Å². The van der Waals surface area contributed by atoms with Crippen LogP contribution in [0.2, 0.25) is 0 Å². The maximum atomic E-state index is 12.4. The molecule has 0 saturated carbocycles. The molecule has 29 heavy (non-hydrogen) atoms. The molecule has 3 N–H and O–H groups in total. The van der Waals surface area contributed by atoms with E-state index in [9.17, 15) is 14.4 Å². The van der Waals surface area contributed by atoms with Crippen molar-refractivity contribution in [1.29, 1.82) is 0 Å². The van der Waals surface area contributed by atoms with E-state index in [1.807, 2.05) is 24.3 Å². The smallest absolute Gasteiger partial charge is 0.255 e. The molecule has 3 rings (SSSR count). The second kappa shape index (κ2) is 9.36. The third-order valence-corrected chi connectivity index (χ3v) is 4.21. The summed E-state index contributed by atoms with van der Waals surface area (Å²) in [5.41, 5.74) is 2.31. The summed E-state index contributed by atoms with van der Waals surface area (Å²) < 4.78 is 4.86. The zero-order valence-electron chi connectivity index (χ0n) is 15.8. The summed E-state index contributed by atoms with van der Waals surface area (Å²) in [7, 11) is 0. The first-order chi connectivity index (χ1) is 14.0. The van der Waals surface area contributed by atoms with Gasteiger partial charge in [0.15, 0.2) is 0 Å². The van der Waals surface area contributed by atoms with E-state index in [-0.39, 0.29) is 24.3 Å². The van der Waals surface area contributed by atoms with E-state index in [2.05, 4.69) is 16.0 Å². The molecule has 0 aliphatic carbocycles. The number of nitrogens with one attached hydrogen (secondary N) is 3. The molecule has 1 heterocycles. The number of hydrogen-bond donors (Lipinski definition) is 3. The first kappa shape index (κ1) is 19.9. The fourth-order valence-electron chi connectivity index (χ4n) is 2.63. The third-order valence-electron chi connectivity index (χ3n) is 4.21. The number of para-hydroxylation sites is 1. The Hall–Kier alpha value is -3.87. The first-order valence-electron chi connectivity index (χ1n) is 9.09. The highest BCUT2D eigenvalue weighted by molar-refractivity contribution is 6.04. The summed E-state index contributed by atoms with van der Waals surface area (Å²) in [5, 5.41) is 8.18. The SMILES string of the molecule is C[C@@H](NC(=O)c1ccoc1)C(=O)NCc1cccc(C(=O)Nc2ccccc2)c1. The van der Waals surface area contributed by atoms with Gasteiger partial charge >= 0.3 is 0 Å². The molecule has 3 amide bonds. The number of hydrogen-bond acceptors (Lipinski definition) is 4. The normalized spacial score (nSPS) is 11.3. The van der Waals surface area contributed by atoms with Crippen LogP contribution < -0.4 is 16.0 Å². The van der Waals surface area contributed by atoms with Crippen molar-refractivity contribution in [2.75, 3.05) is 5.32 Å². The fraction of sp³-hybridized carbons (Fsp3) is 0.136. The van der Waals surface area contributed by atoms with Crippen LogP contribution in [-0.4, -0.2) is 23.8 Å². The molecule has 1 atom stereocenters. The second-order valence-electron chi connectivity index (χ2n) is 6.45. The monoisotopic (exact) mass is 391 g/mol. The summed E-state index contributed by atoms with van der Waals surface area (Å²) in [5.74, 6) is -0.952. The molecular formula is C22H21N3O4. The summed E-state index contributed by atoms with van der Waals surface area (Å²) in [6.45, 7) is 1.83. The van der Waals surface area contributed by atoms with Crippen LogP contribution in [0.4, 0.5) is 5.69 Å². The van der Waals surface area contributed by atoms with Gasteiger partial charge in [0.05, 0.1) is 11.8 Å². The predicted molar refractivity (Wildman–Crippen MR) is 108 cm³/mol. The Morgan fingerprint density at radius 1 is 0.931 bits per heavy atom. The Morgan fingerprint density at radius 3 is 2.45 bits per heavy atom. The zero-order chi connectivity index (χ0) is 20.6. The highest BCUT2D eigenvalue weighted by atomic mass is 16.3. The lowest BCUT2D eigenvalue weighted by Gasteiger charge is -2.14. The van der Waals surface area contributed by atoms with E-state index in [1.165, 1.54) is 18.6 Å². The Morgan fingerprint density at radius 2 is 1.72 bits per heavy atom. The molecule has 3 aromatic rings. The Balaban J connectivity index is 1.53. The van der Waals surface area contributed by atoms with Gasteiger partial charge in [0.2, 0.25) is 5.91 Å². The van der Waals surface area contributed by atoms with Gasteiger partial charge in [-0.15, -0.1) is 0 Å². The molecule has 0 saturated heterocycles. The average Bonchev–Trinajstić information content (AvgIpc) is 3.28. The van der Waals surface area contributed by atoms with Gasteiger partial charge in [0.1, 0.15) is 12.3 Å². The summed E-state index contributed by atoms with van der Waals surface area (Å²) >= 11 is 0. The highest BCUT2D eigenvalue weighted by Gasteiger charge is 2.17. The molecule has 0 spiro atoms.